The second kappa shape index (κ2) is 8.23. The van der Waals surface area contributed by atoms with Gasteiger partial charge < -0.3 is 5.32 Å². The summed E-state index contributed by atoms with van der Waals surface area (Å²) in [5.41, 5.74) is 2.15. The van der Waals surface area contributed by atoms with Crippen molar-refractivity contribution in [3.05, 3.63) is 52.2 Å². The third-order valence-electron chi connectivity index (χ3n) is 4.19. The highest BCUT2D eigenvalue weighted by Gasteiger charge is 2.20. The van der Waals surface area contributed by atoms with E-state index in [-0.39, 0.29) is 18.5 Å². The lowest BCUT2D eigenvalue weighted by atomic mass is 10.0. The molecule has 1 N–H and O–H groups in total. The van der Waals surface area contributed by atoms with Crippen LogP contribution in [0.1, 0.15) is 37.3 Å². The van der Waals surface area contributed by atoms with Gasteiger partial charge in [-0.15, -0.1) is 21.5 Å². The molecule has 136 valence electrons. The van der Waals surface area contributed by atoms with Crippen molar-refractivity contribution in [1.82, 2.24) is 25.5 Å². The van der Waals surface area contributed by atoms with E-state index in [0.717, 1.165) is 16.9 Å². The average Bonchev–Trinajstić information content (AvgIpc) is 3.31. The van der Waals surface area contributed by atoms with Crippen molar-refractivity contribution in [3.63, 3.8) is 0 Å². The molecule has 6 nitrogen and oxygen atoms in total. The van der Waals surface area contributed by atoms with E-state index in [0.29, 0.717) is 11.7 Å². The van der Waals surface area contributed by atoms with E-state index in [1.165, 1.54) is 10.4 Å². The molecule has 26 heavy (non-hydrogen) atoms. The van der Waals surface area contributed by atoms with Crippen LogP contribution in [0.15, 0.2) is 41.8 Å². The van der Waals surface area contributed by atoms with Crippen molar-refractivity contribution >= 4 is 17.2 Å². The van der Waals surface area contributed by atoms with Crippen LogP contribution >= 0.6 is 11.3 Å². The molecule has 2 heterocycles. The minimum atomic E-state index is -0.123. The summed E-state index contributed by atoms with van der Waals surface area (Å²) in [4.78, 5) is 14.9. The quantitative estimate of drug-likeness (QED) is 0.692. The van der Waals surface area contributed by atoms with Gasteiger partial charge in [0.05, 0.1) is 6.04 Å². The number of aromatic nitrogens is 4. The summed E-state index contributed by atoms with van der Waals surface area (Å²) in [6.07, 6.45) is 0.988. The molecular weight excluding hydrogens is 346 g/mol. The zero-order valence-corrected chi connectivity index (χ0v) is 16.0. The fourth-order valence-electron chi connectivity index (χ4n) is 2.70. The lowest BCUT2D eigenvalue weighted by Gasteiger charge is -2.21. The first-order valence-electron chi connectivity index (χ1n) is 8.76. The molecule has 3 aromatic rings. The number of hydrogen-bond donors (Lipinski definition) is 1. The van der Waals surface area contributed by atoms with E-state index in [4.69, 9.17) is 0 Å². The van der Waals surface area contributed by atoms with Crippen molar-refractivity contribution in [1.29, 1.82) is 0 Å². The second-order valence-corrected chi connectivity index (χ2v) is 7.48. The number of carbonyl (C=O) groups is 1. The van der Waals surface area contributed by atoms with Gasteiger partial charge in [-0.1, -0.05) is 51.1 Å². The molecule has 0 fully saturated rings. The van der Waals surface area contributed by atoms with Crippen molar-refractivity contribution < 1.29 is 4.79 Å². The number of benzene rings is 1. The molecule has 0 unspecified atom stereocenters. The largest absolute Gasteiger partial charge is 0.347 e. The van der Waals surface area contributed by atoms with Gasteiger partial charge in [0.2, 0.25) is 11.7 Å². The number of thiophene rings is 1. The van der Waals surface area contributed by atoms with Crippen molar-refractivity contribution in [2.24, 2.45) is 5.92 Å². The molecule has 1 amide bonds. The fraction of sp³-hybridized carbons (Fsp3) is 0.368. The topological polar surface area (TPSA) is 72.7 Å². The lowest BCUT2D eigenvalue weighted by Crippen LogP contribution is -2.34. The number of aryl methyl sites for hydroxylation is 1. The third kappa shape index (κ3) is 4.35. The molecule has 7 heteroatoms. The first-order valence-corrected chi connectivity index (χ1v) is 9.64. The first kappa shape index (κ1) is 18.3. The number of nitrogens with zero attached hydrogens (tertiary/aromatic N) is 4. The molecule has 1 aromatic carbocycles. The van der Waals surface area contributed by atoms with E-state index < -0.39 is 0 Å². The lowest BCUT2D eigenvalue weighted by molar-refractivity contribution is -0.123. The Bertz CT molecular complexity index is 839. The summed E-state index contributed by atoms with van der Waals surface area (Å²) in [6.45, 7) is 6.35. The number of hydrogen-bond acceptors (Lipinski definition) is 5. The predicted octanol–water partition coefficient (Wildman–Crippen LogP) is 3.48. The molecular formula is C19H23N5OS. The van der Waals surface area contributed by atoms with Crippen LogP contribution in [-0.2, 0) is 17.8 Å². The highest BCUT2D eigenvalue weighted by atomic mass is 32.1. The Morgan fingerprint density at radius 1 is 1.23 bits per heavy atom. The van der Waals surface area contributed by atoms with E-state index in [9.17, 15) is 4.79 Å². The van der Waals surface area contributed by atoms with Crippen molar-refractivity contribution in [2.75, 3.05) is 0 Å². The van der Waals surface area contributed by atoms with Gasteiger partial charge in [-0.25, -0.2) is 0 Å². The Hall–Kier alpha value is -2.54. The van der Waals surface area contributed by atoms with Crippen molar-refractivity contribution in [2.45, 2.75) is 39.8 Å². The van der Waals surface area contributed by atoms with Gasteiger partial charge >= 0.3 is 0 Å². The Balaban J connectivity index is 1.65. The molecule has 0 radical (unpaired) electrons. The van der Waals surface area contributed by atoms with Gasteiger partial charge in [-0.2, -0.15) is 4.80 Å². The van der Waals surface area contributed by atoms with Crippen LogP contribution in [0.4, 0.5) is 0 Å². The minimum Gasteiger partial charge on any atom is -0.347 e. The number of rotatable bonds is 7. The summed E-state index contributed by atoms with van der Waals surface area (Å²) >= 11 is 1.65. The van der Waals surface area contributed by atoms with Gasteiger partial charge in [0.25, 0.3) is 0 Å². The third-order valence-corrected chi connectivity index (χ3v) is 5.15. The molecule has 0 aliphatic rings. The molecule has 0 saturated heterocycles. The van der Waals surface area contributed by atoms with Crippen LogP contribution in [-0.4, -0.2) is 26.1 Å². The molecule has 0 aliphatic carbocycles. The molecule has 0 saturated carbocycles. The maximum Gasteiger partial charge on any atom is 0.244 e. The van der Waals surface area contributed by atoms with Crippen LogP contribution in [0.3, 0.4) is 0 Å². The highest BCUT2D eigenvalue weighted by Crippen LogP contribution is 2.25. The molecule has 1 atom stereocenters. The maximum absolute atomic E-state index is 12.4. The standard InChI is InChI=1S/C19H23N5OS/c1-4-14-7-9-15(10-8-14)19-21-23-24(22-19)12-17(25)20-18(13(2)3)16-6-5-11-26-16/h5-11,13,18H,4,12H2,1-3H3,(H,20,25)/t18-/m0/s1. The maximum atomic E-state index is 12.4. The first-order chi connectivity index (χ1) is 12.6. The van der Waals surface area contributed by atoms with Gasteiger partial charge in [0, 0.05) is 10.4 Å². The molecule has 0 aliphatic heterocycles. The number of amides is 1. The summed E-state index contributed by atoms with van der Waals surface area (Å²) in [7, 11) is 0. The van der Waals surface area contributed by atoms with E-state index in [1.807, 2.05) is 29.6 Å². The minimum absolute atomic E-state index is 0.00733. The summed E-state index contributed by atoms with van der Waals surface area (Å²) in [5.74, 6) is 0.704. The van der Waals surface area contributed by atoms with Crippen LogP contribution < -0.4 is 5.32 Å². The van der Waals surface area contributed by atoms with E-state index in [1.54, 1.807) is 11.3 Å². The van der Waals surface area contributed by atoms with Gasteiger partial charge in [0.15, 0.2) is 0 Å². The SMILES string of the molecule is CCc1ccc(-c2nnn(CC(=O)N[C@H](c3cccs3)C(C)C)n2)cc1. The highest BCUT2D eigenvalue weighted by molar-refractivity contribution is 7.10. The smallest absolute Gasteiger partial charge is 0.244 e. The van der Waals surface area contributed by atoms with Crippen LogP contribution in [0.2, 0.25) is 0 Å². The zero-order chi connectivity index (χ0) is 18.5. The number of tetrazole rings is 1. The Kier molecular flexibility index (Phi) is 5.78. The fourth-order valence-corrected chi connectivity index (χ4v) is 3.65. The number of nitrogens with one attached hydrogen (secondary N) is 1. The average molecular weight is 369 g/mol. The van der Waals surface area contributed by atoms with Gasteiger partial charge in [-0.3, -0.25) is 4.79 Å². The van der Waals surface area contributed by atoms with Gasteiger partial charge in [0.1, 0.15) is 6.54 Å². The normalized spacial score (nSPS) is 12.3. The van der Waals surface area contributed by atoms with Gasteiger partial charge in [-0.05, 0) is 34.6 Å². The Morgan fingerprint density at radius 2 is 2.00 bits per heavy atom. The predicted molar refractivity (Wildman–Crippen MR) is 103 cm³/mol. The Morgan fingerprint density at radius 3 is 2.62 bits per heavy atom. The summed E-state index contributed by atoms with van der Waals surface area (Å²) < 4.78 is 0. The van der Waals surface area contributed by atoms with Crippen molar-refractivity contribution in [3.8, 4) is 11.4 Å². The molecule has 3 rings (SSSR count). The summed E-state index contributed by atoms with van der Waals surface area (Å²) in [6, 6.07) is 12.1. The second-order valence-electron chi connectivity index (χ2n) is 6.50. The number of carbonyl (C=O) groups excluding carboxylic acids is 1. The van der Waals surface area contributed by atoms with E-state index in [2.05, 4.69) is 53.6 Å². The molecule has 0 bridgehead atoms. The molecule has 0 spiro atoms. The zero-order valence-electron chi connectivity index (χ0n) is 15.2. The molecule has 2 aromatic heterocycles. The van der Waals surface area contributed by atoms with Crippen LogP contribution in [0.25, 0.3) is 11.4 Å². The van der Waals surface area contributed by atoms with Crippen LogP contribution in [0.5, 0.6) is 0 Å². The van der Waals surface area contributed by atoms with E-state index >= 15 is 0 Å². The summed E-state index contributed by atoms with van der Waals surface area (Å²) in [5, 5.41) is 17.5. The van der Waals surface area contributed by atoms with Crippen LogP contribution in [0, 0.1) is 5.92 Å². The monoisotopic (exact) mass is 369 g/mol. The Labute approximate surface area is 157 Å².